The van der Waals surface area contributed by atoms with Crippen molar-refractivity contribution >= 4 is 17.9 Å². The second-order valence-electron chi connectivity index (χ2n) is 6.16. The van der Waals surface area contributed by atoms with Gasteiger partial charge in [0, 0.05) is 31.5 Å². The fraction of sp³-hybridized carbons (Fsp3) is 0.444. The Labute approximate surface area is 157 Å². The van der Waals surface area contributed by atoms with Gasteiger partial charge in [0.15, 0.2) is 0 Å². The number of piperidine rings is 1. The average Bonchev–Trinajstić information content (AvgIpc) is 3.21. The van der Waals surface area contributed by atoms with Crippen LogP contribution in [0.25, 0.3) is 0 Å². The fourth-order valence-corrected chi connectivity index (χ4v) is 2.81. The van der Waals surface area contributed by atoms with Crippen LogP contribution in [0.2, 0.25) is 0 Å². The summed E-state index contributed by atoms with van der Waals surface area (Å²) in [5.74, 6) is 0.879. The van der Waals surface area contributed by atoms with Crippen LogP contribution in [-0.2, 0) is 11.3 Å². The molecule has 0 spiro atoms. The molecule has 0 aromatic carbocycles. The number of carbonyl (C=O) groups excluding carboxylic acids is 2. The Hall–Kier alpha value is -3.10. The summed E-state index contributed by atoms with van der Waals surface area (Å²) < 4.78 is 10.2. The smallest absolute Gasteiger partial charge is 0.409 e. The number of carbonyl (C=O) groups is 2. The Bertz CT molecular complexity index is 740. The monoisotopic (exact) mass is 373 g/mol. The number of aromatic nitrogens is 2. The molecule has 2 N–H and O–H groups in total. The highest BCUT2D eigenvalue weighted by Gasteiger charge is 2.23. The normalized spacial score (nSPS) is 14.6. The van der Waals surface area contributed by atoms with Crippen molar-refractivity contribution in [3.05, 3.63) is 42.1 Å². The van der Waals surface area contributed by atoms with Gasteiger partial charge in [-0.25, -0.2) is 14.8 Å². The molecule has 144 valence electrons. The number of ether oxygens (including phenoxy) is 1. The van der Waals surface area contributed by atoms with Gasteiger partial charge in [-0.2, -0.15) is 0 Å². The molecule has 27 heavy (non-hydrogen) atoms. The van der Waals surface area contributed by atoms with E-state index in [4.69, 9.17) is 9.15 Å². The largest absolute Gasteiger partial charge is 0.467 e. The maximum atomic E-state index is 12.1. The zero-order valence-electron chi connectivity index (χ0n) is 15.2. The molecule has 2 aromatic rings. The maximum absolute atomic E-state index is 12.1. The molecule has 0 bridgehead atoms. The molecule has 3 rings (SSSR count). The van der Waals surface area contributed by atoms with Crippen LogP contribution in [0.5, 0.6) is 0 Å². The summed E-state index contributed by atoms with van der Waals surface area (Å²) in [5, 5.41) is 5.99. The van der Waals surface area contributed by atoms with E-state index in [1.807, 2.05) is 0 Å². The molecular formula is C18H23N5O4. The first-order valence-corrected chi connectivity index (χ1v) is 8.96. The molecule has 2 amide bonds. The van der Waals surface area contributed by atoms with Crippen LogP contribution < -0.4 is 10.6 Å². The molecule has 9 nitrogen and oxygen atoms in total. The van der Waals surface area contributed by atoms with Gasteiger partial charge in [-0.05, 0) is 31.9 Å². The van der Waals surface area contributed by atoms with Crippen LogP contribution in [0.15, 0.2) is 35.2 Å². The van der Waals surface area contributed by atoms with E-state index in [1.165, 1.54) is 12.4 Å². The van der Waals surface area contributed by atoms with Crippen molar-refractivity contribution in [1.29, 1.82) is 0 Å². The minimum Gasteiger partial charge on any atom is -0.467 e. The van der Waals surface area contributed by atoms with E-state index in [9.17, 15) is 9.59 Å². The number of rotatable bonds is 6. The molecule has 0 saturated carbocycles. The highest BCUT2D eigenvalue weighted by Crippen LogP contribution is 2.15. The first-order valence-electron chi connectivity index (χ1n) is 8.96. The molecular weight excluding hydrogens is 350 g/mol. The Morgan fingerprint density at radius 3 is 2.67 bits per heavy atom. The highest BCUT2D eigenvalue weighted by atomic mass is 16.6. The lowest BCUT2D eigenvalue weighted by molar-refractivity contribution is 0.0946. The summed E-state index contributed by atoms with van der Waals surface area (Å²) >= 11 is 0. The first kappa shape index (κ1) is 18.7. The molecule has 0 unspecified atom stereocenters. The highest BCUT2D eigenvalue weighted by molar-refractivity contribution is 5.93. The average molecular weight is 373 g/mol. The van der Waals surface area contributed by atoms with Gasteiger partial charge >= 0.3 is 6.09 Å². The molecule has 3 heterocycles. The van der Waals surface area contributed by atoms with Crippen LogP contribution in [0, 0.1) is 0 Å². The molecule has 9 heteroatoms. The Balaban J connectivity index is 1.45. The molecule has 1 fully saturated rings. The quantitative estimate of drug-likeness (QED) is 0.797. The SMILES string of the molecule is CCOC(=O)N1CCC(Nc2ncc(C(=O)NCc3ccco3)cn2)CC1. The molecule has 0 aliphatic carbocycles. The Kier molecular flexibility index (Phi) is 6.24. The van der Waals surface area contributed by atoms with E-state index in [1.54, 1.807) is 30.2 Å². The number of nitrogens with zero attached hydrogens (tertiary/aromatic N) is 3. The second kappa shape index (κ2) is 9.02. The van der Waals surface area contributed by atoms with Gasteiger partial charge in [0.25, 0.3) is 5.91 Å². The van der Waals surface area contributed by atoms with E-state index in [0.29, 0.717) is 43.5 Å². The summed E-state index contributed by atoms with van der Waals surface area (Å²) in [4.78, 5) is 33.9. The van der Waals surface area contributed by atoms with Gasteiger partial charge < -0.3 is 24.7 Å². The van der Waals surface area contributed by atoms with E-state index >= 15 is 0 Å². The van der Waals surface area contributed by atoms with Gasteiger partial charge in [-0.15, -0.1) is 0 Å². The van der Waals surface area contributed by atoms with Crippen LogP contribution in [0.1, 0.15) is 35.9 Å². The predicted molar refractivity (Wildman–Crippen MR) is 97.1 cm³/mol. The third-order valence-corrected chi connectivity index (χ3v) is 4.27. The van der Waals surface area contributed by atoms with Crippen molar-refractivity contribution in [2.45, 2.75) is 32.4 Å². The standard InChI is InChI=1S/C18H23N5O4/c1-2-26-18(25)23-7-5-14(6-8-23)22-17-20-10-13(11-21-17)16(24)19-12-15-4-3-9-27-15/h3-4,9-11,14H,2,5-8,12H2,1H3,(H,19,24)(H,20,21,22). The lowest BCUT2D eigenvalue weighted by Gasteiger charge is -2.31. The first-order chi connectivity index (χ1) is 13.2. The van der Waals surface area contributed by atoms with Crippen LogP contribution in [0.4, 0.5) is 10.7 Å². The number of nitrogens with one attached hydrogen (secondary N) is 2. The van der Waals surface area contributed by atoms with Gasteiger partial charge in [-0.3, -0.25) is 4.79 Å². The predicted octanol–water partition coefficient (Wildman–Crippen LogP) is 2.03. The number of hydrogen-bond acceptors (Lipinski definition) is 7. The van der Waals surface area contributed by atoms with Gasteiger partial charge in [0.2, 0.25) is 5.95 Å². The Morgan fingerprint density at radius 2 is 2.04 bits per heavy atom. The zero-order valence-corrected chi connectivity index (χ0v) is 15.2. The number of hydrogen-bond donors (Lipinski definition) is 2. The van der Waals surface area contributed by atoms with Gasteiger partial charge in [0.1, 0.15) is 5.76 Å². The second-order valence-corrected chi connectivity index (χ2v) is 6.16. The van der Waals surface area contributed by atoms with Crippen molar-refractivity contribution < 1.29 is 18.7 Å². The molecule has 2 aromatic heterocycles. The van der Waals surface area contributed by atoms with Crippen molar-refractivity contribution in [2.24, 2.45) is 0 Å². The van der Waals surface area contributed by atoms with Crippen molar-refractivity contribution in [3.63, 3.8) is 0 Å². The molecule has 1 saturated heterocycles. The number of likely N-dealkylation sites (tertiary alicyclic amines) is 1. The molecule has 0 atom stereocenters. The van der Waals surface area contributed by atoms with Crippen molar-refractivity contribution in [3.8, 4) is 0 Å². The lowest BCUT2D eigenvalue weighted by atomic mass is 10.1. The molecule has 1 aliphatic heterocycles. The van der Waals surface area contributed by atoms with E-state index in [0.717, 1.165) is 12.8 Å². The zero-order chi connectivity index (χ0) is 19.1. The van der Waals surface area contributed by atoms with Crippen molar-refractivity contribution in [2.75, 3.05) is 25.0 Å². The molecule has 1 aliphatic rings. The van der Waals surface area contributed by atoms with Gasteiger partial charge in [0.05, 0.1) is 25.0 Å². The lowest BCUT2D eigenvalue weighted by Crippen LogP contribution is -2.42. The minimum atomic E-state index is -0.267. The van der Waals surface area contributed by atoms with E-state index in [-0.39, 0.29) is 18.0 Å². The summed E-state index contributed by atoms with van der Waals surface area (Å²) in [6, 6.07) is 3.73. The third-order valence-electron chi connectivity index (χ3n) is 4.27. The summed E-state index contributed by atoms with van der Waals surface area (Å²) in [6.07, 6.45) is 5.84. The third kappa shape index (κ3) is 5.19. The summed E-state index contributed by atoms with van der Waals surface area (Å²) in [7, 11) is 0. The van der Waals surface area contributed by atoms with Crippen LogP contribution in [-0.4, -0.2) is 52.6 Å². The number of amides is 2. The minimum absolute atomic E-state index is 0.175. The fourth-order valence-electron chi connectivity index (χ4n) is 2.81. The summed E-state index contributed by atoms with van der Waals surface area (Å²) in [6.45, 7) is 3.75. The summed E-state index contributed by atoms with van der Waals surface area (Å²) in [5.41, 5.74) is 0.379. The topological polar surface area (TPSA) is 110 Å². The van der Waals surface area contributed by atoms with E-state index < -0.39 is 0 Å². The number of anilines is 1. The van der Waals surface area contributed by atoms with Crippen LogP contribution in [0.3, 0.4) is 0 Å². The Morgan fingerprint density at radius 1 is 1.30 bits per heavy atom. The van der Waals surface area contributed by atoms with Gasteiger partial charge in [-0.1, -0.05) is 0 Å². The maximum Gasteiger partial charge on any atom is 0.409 e. The van der Waals surface area contributed by atoms with Crippen LogP contribution >= 0.6 is 0 Å². The number of furan rings is 1. The van der Waals surface area contributed by atoms with Crippen molar-refractivity contribution in [1.82, 2.24) is 20.2 Å². The van der Waals surface area contributed by atoms with E-state index in [2.05, 4.69) is 20.6 Å². The molecule has 0 radical (unpaired) electrons.